The molecule has 0 aliphatic carbocycles. The molecular weight excluding hydrogens is 344 g/mol. The molecule has 1 saturated heterocycles. The number of hydrogen-bond acceptors (Lipinski definition) is 3. The Bertz CT molecular complexity index is 1320. The molecule has 0 spiro atoms. The Morgan fingerprint density at radius 3 is 2.68 bits per heavy atom. The number of rotatable bonds is 3. The Labute approximate surface area is 162 Å². The van der Waals surface area contributed by atoms with E-state index in [4.69, 9.17) is 9.98 Å². The molecule has 0 unspecified atom stereocenters. The van der Waals surface area contributed by atoms with Gasteiger partial charge in [0.1, 0.15) is 0 Å². The van der Waals surface area contributed by atoms with Crippen molar-refractivity contribution in [3.63, 3.8) is 0 Å². The highest BCUT2D eigenvalue weighted by molar-refractivity contribution is 6.28. The average Bonchev–Trinajstić information content (AvgIpc) is 3.36. The van der Waals surface area contributed by atoms with Crippen molar-refractivity contribution in [1.29, 1.82) is 0 Å². The summed E-state index contributed by atoms with van der Waals surface area (Å²) in [6.07, 6.45) is 2.66. The van der Waals surface area contributed by atoms with Gasteiger partial charge in [0.15, 0.2) is 0 Å². The van der Waals surface area contributed by atoms with Crippen LogP contribution in [0.25, 0.3) is 43.6 Å². The molecule has 1 fully saturated rings. The first-order valence-electron chi connectivity index (χ1n) is 10.2. The number of aromatic amines is 1. The monoisotopic (exact) mass is 366 g/mol. The number of fused-ring (bicyclic) bond motifs is 4. The van der Waals surface area contributed by atoms with Crippen LogP contribution in [0.1, 0.15) is 12.8 Å². The third kappa shape index (κ3) is 2.41. The molecule has 1 N–H and O–H groups in total. The van der Waals surface area contributed by atoms with Crippen LogP contribution in [0.2, 0.25) is 0 Å². The third-order valence-corrected chi connectivity index (χ3v) is 6.07. The van der Waals surface area contributed by atoms with Gasteiger partial charge in [-0.2, -0.15) is 0 Å². The number of nitrogens with zero attached hydrogens (tertiary/aromatic N) is 3. The summed E-state index contributed by atoms with van der Waals surface area (Å²) in [5, 5.41) is 6.04. The van der Waals surface area contributed by atoms with E-state index < -0.39 is 0 Å². The fourth-order valence-corrected chi connectivity index (χ4v) is 4.69. The normalized spacial score (nSPS) is 16.4. The van der Waals surface area contributed by atoms with Crippen LogP contribution in [-0.4, -0.2) is 41.0 Å². The minimum Gasteiger partial charge on any atom is -0.351 e. The summed E-state index contributed by atoms with van der Waals surface area (Å²) in [7, 11) is 0. The maximum Gasteiger partial charge on any atom is 0.0957 e. The zero-order valence-corrected chi connectivity index (χ0v) is 15.8. The van der Waals surface area contributed by atoms with Crippen molar-refractivity contribution >= 4 is 43.6 Å². The predicted octanol–water partition coefficient (Wildman–Crippen LogP) is 4.46. The lowest BCUT2D eigenvalue weighted by molar-refractivity contribution is 0.348. The third-order valence-electron chi connectivity index (χ3n) is 6.07. The summed E-state index contributed by atoms with van der Waals surface area (Å²) in [5.74, 6) is 0. The van der Waals surface area contributed by atoms with Gasteiger partial charge in [-0.1, -0.05) is 36.4 Å². The van der Waals surface area contributed by atoms with Crippen molar-refractivity contribution in [2.24, 2.45) is 4.99 Å². The van der Waals surface area contributed by atoms with Crippen molar-refractivity contribution in [1.82, 2.24) is 14.9 Å². The molecule has 0 amide bonds. The maximum absolute atomic E-state index is 4.97. The smallest absolute Gasteiger partial charge is 0.0957 e. The molecule has 0 bridgehead atoms. The highest BCUT2D eigenvalue weighted by Gasteiger charge is 2.15. The van der Waals surface area contributed by atoms with Crippen molar-refractivity contribution in [2.45, 2.75) is 12.8 Å². The van der Waals surface area contributed by atoms with Crippen LogP contribution in [-0.2, 0) is 0 Å². The van der Waals surface area contributed by atoms with Crippen LogP contribution in [0, 0.1) is 0 Å². The molecule has 5 aromatic rings. The Morgan fingerprint density at radius 2 is 1.75 bits per heavy atom. The van der Waals surface area contributed by atoms with E-state index in [0.717, 1.165) is 40.5 Å². The van der Waals surface area contributed by atoms with Gasteiger partial charge in [-0.15, -0.1) is 0 Å². The van der Waals surface area contributed by atoms with Gasteiger partial charge in [0.05, 0.1) is 34.0 Å². The topological polar surface area (TPSA) is 44.3 Å². The van der Waals surface area contributed by atoms with Crippen LogP contribution in [0.4, 0.5) is 0 Å². The van der Waals surface area contributed by atoms with Gasteiger partial charge in [0.25, 0.3) is 0 Å². The molecule has 0 saturated carbocycles. The first kappa shape index (κ1) is 16.0. The molecule has 2 heterocycles. The van der Waals surface area contributed by atoms with Crippen LogP contribution >= 0.6 is 0 Å². The van der Waals surface area contributed by atoms with E-state index in [9.17, 15) is 0 Å². The van der Waals surface area contributed by atoms with E-state index in [2.05, 4.69) is 52.3 Å². The lowest BCUT2D eigenvalue weighted by atomic mass is 10.1. The molecule has 4 aromatic carbocycles. The minimum atomic E-state index is 0.861. The summed E-state index contributed by atoms with van der Waals surface area (Å²) >= 11 is 0. The fraction of sp³-hybridized carbons (Fsp3) is 0.250. The van der Waals surface area contributed by atoms with E-state index in [1.807, 2.05) is 12.1 Å². The molecule has 1 aromatic heterocycles. The van der Waals surface area contributed by atoms with Gasteiger partial charge in [0, 0.05) is 28.1 Å². The Kier molecular flexibility index (Phi) is 3.59. The average molecular weight is 366 g/mol. The van der Waals surface area contributed by atoms with Crippen molar-refractivity contribution in [3.8, 4) is 0 Å². The number of aromatic nitrogens is 2. The molecule has 0 radical (unpaired) electrons. The second kappa shape index (κ2) is 6.28. The highest BCUT2D eigenvalue weighted by atomic mass is 15.1. The molecule has 6 rings (SSSR count). The molecular formula is C24H22N4. The number of nitrogens with one attached hydrogen (secondary N) is 1. The molecule has 1 aliphatic heterocycles. The van der Waals surface area contributed by atoms with E-state index >= 15 is 0 Å². The first-order chi connectivity index (χ1) is 13.9. The maximum atomic E-state index is 4.97. The van der Waals surface area contributed by atoms with Gasteiger partial charge in [0.2, 0.25) is 0 Å². The predicted molar refractivity (Wildman–Crippen MR) is 116 cm³/mol. The number of benzene rings is 3. The SMILES string of the molecule is c1ccc2[nH]c3c4ccc(=NCCN5CCCC5)c5cccc(c3nc2c1)c54. The zero-order chi connectivity index (χ0) is 18.5. The van der Waals surface area contributed by atoms with Gasteiger partial charge in [-0.25, -0.2) is 4.98 Å². The number of hydrogen-bond donors (Lipinski definition) is 1. The van der Waals surface area contributed by atoms with Gasteiger partial charge < -0.3 is 9.88 Å². The molecule has 138 valence electrons. The summed E-state index contributed by atoms with van der Waals surface area (Å²) in [4.78, 5) is 16.1. The van der Waals surface area contributed by atoms with Crippen LogP contribution < -0.4 is 5.36 Å². The molecule has 4 heteroatoms. The quantitative estimate of drug-likeness (QED) is 0.512. The van der Waals surface area contributed by atoms with Crippen molar-refractivity contribution in [2.75, 3.05) is 26.2 Å². The standard InChI is InChI=1S/C24H22N4/c1-2-9-21-20(8-1)26-23-17-7-5-6-16-19(25-12-15-28-13-3-4-14-28)11-10-18(22(16)17)24(23)27-21/h1-2,5-11,27H,3-4,12-15H2. The van der Waals surface area contributed by atoms with E-state index in [-0.39, 0.29) is 0 Å². The Hall–Kier alpha value is -2.98. The van der Waals surface area contributed by atoms with Gasteiger partial charge >= 0.3 is 0 Å². The number of H-pyrrole nitrogens is 1. The number of para-hydroxylation sites is 2. The number of likely N-dealkylation sites (tertiary alicyclic amines) is 1. The lowest BCUT2D eigenvalue weighted by Gasteiger charge is -2.11. The summed E-state index contributed by atoms with van der Waals surface area (Å²) in [5.41, 5.74) is 4.24. The highest BCUT2D eigenvalue weighted by Crippen LogP contribution is 2.35. The summed E-state index contributed by atoms with van der Waals surface area (Å²) < 4.78 is 0. The first-order valence-corrected chi connectivity index (χ1v) is 10.2. The van der Waals surface area contributed by atoms with Crippen molar-refractivity contribution < 1.29 is 0 Å². The van der Waals surface area contributed by atoms with Crippen LogP contribution in [0.5, 0.6) is 0 Å². The Balaban J connectivity index is 1.56. The summed E-state index contributed by atoms with van der Waals surface area (Å²) in [6, 6.07) is 19.1. The van der Waals surface area contributed by atoms with E-state index in [1.54, 1.807) is 0 Å². The van der Waals surface area contributed by atoms with Gasteiger partial charge in [-0.05, 0) is 44.1 Å². The summed E-state index contributed by atoms with van der Waals surface area (Å²) in [6.45, 7) is 4.37. The fourth-order valence-electron chi connectivity index (χ4n) is 4.69. The van der Waals surface area contributed by atoms with E-state index in [1.165, 1.54) is 47.5 Å². The second-order valence-corrected chi connectivity index (χ2v) is 7.77. The molecule has 0 atom stereocenters. The molecule has 28 heavy (non-hydrogen) atoms. The van der Waals surface area contributed by atoms with Crippen LogP contribution in [0.3, 0.4) is 0 Å². The zero-order valence-electron chi connectivity index (χ0n) is 15.8. The molecule has 1 aliphatic rings. The van der Waals surface area contributed by atoms with Crippen molar-refractivity contribution in [3.05, 3.63) is 60.0 Å². The second-order valence-electron chi connectivity index (χ2n) is 7.77. The van der Waals surface area contributed by atoms with Gasteiger partial charge in [-0.3, -0.25) is 4.99 Å². The Morgan fingerprint density at radius 1 is 0.893 bits per heavy atom. The van der Waals surface area contributed by atoms with E-state index in [0.29, 0.717) is 0 Å². The largest absolute Gasteiger partial charge is 0.351 e. The molecule has 4 nitrogen and oxygen atoms in total. The minimum absolute atomic E-state index is 0.861. The van der Waals surface area contributed by atoms with Crippen LogP contribution in [0.15, 0.2) is 59.6 Å². The lowest BCUT2D eigenvalue weighted by Crippen LogP contribution is -2.23.